The van der Waals surface area contributed by atoms with E-state index < -0.39 is 0 Å². The maximum Gasteiger partial charge on any atom is 0.290 e. The summed E-state index contributed by atoms with van der Waals surface area (Å²) in [6, 6.07) is 12.2. The molecular formula is C18H21NO2. The second kappa shape index (κ2) is 5.76. The van der Waals surface area contributed by atoms with Crippen LogP contribution in [0.3, 0.4) is 0 Å². The summed E-state index contributed by atoms with van der Waals surface area (Å²) in [6.07, 6.45) is 4.03. The largest absolute Gasteiger partial charge is 0.459 e. The molecule has 1 aliphatic rings. The highest BCUT2D eigenvalue weighted by molar-refractivity contribution is 5.93. The van der Waals surface area contributed by atoms with Gasteiger partial charge in [-0.1, -0.05) is 30.3 Å². The van der Waals surface area contributed by atoms with E-state index in [9.17, 15) is 4.79 Å². The predicted octanol–water partition coefficient (Wildman–Crippen LogP) is 4.03. The highest BCUT2D eigenvalue weighted by Gasteiger charge is 2.35. The van der Waals surface area contributed by atoms with Crippen molar-refractivity contribution >= 4 is 5.91 Å². The van der Waals surface area contributed by atoms with Gasteiger partial charge in [-0.2, -0.15) is 0 Å². The minimum absolute atomic E-state index is 0.000697. The summed E-state index contributed by atoms with van der Waals surface area (Å²) in [7, 11) is 0. The number of aryl methyl sites for hydroxylation is 1. The maximum atomic E-state index is 12.8. The van der Waals surface area contributed by atoms with E-state index in [0.717, 1.165) is 11.1 Å². The molecule has 1 aliphatic carbocycles. The van der Waals surface area contributed by atoms with Crippen LogP contribution < -0.4 is 0 Å². The molecule has 0 aliphatic heterocycles. The maximum absolute atomic E-state index is 12.8. The van der Waals surface area contributed by atoms with Crippen LogP contribution in [0.5, 0.6) is 0 Å². The number of rotatable bonds is 5. The van der Waals surface area contributed by atoms with Crippen LogP contribution in [0.4, 0.5) is 0 Å². The van der Waals surface area contributed by atoms with Gasteiger partial charge in [0.05, 0.1) is 6.26 Å². The topological polar surface area (TPSA) is 33.5 Å². The lowest BCUT2D eigenvalue weighted by Crippen LogP contribution is -2.39. The Hall–Kier alpha value is -2.03. The zero-order valence-electron chi connectivity index (χ0n) is 12.6. The molecule has 1 aromatic heterocycles. The Labute approximate surface area is 125 Å². The predicted molar refractivity (Wildman–Crippen MR) is 81.9 cm³/mol. The van der Waals surface area contributed by atoms with E-state index in [1.807, 2.05) is 36.1 Å². The monoisotopic (exact) mass is 283 g/mol. The summed E-state index contributed by atoms with van der Waals surface area (Å²) in [5.74, 6) is 1.10. The molecule has 3 rings (SSSR count). The normalized spacial score (nSPS) is 15.7. The van der Waals surface area contributed by atoms with E-state index in [0.29, 0.717) is 18.2 Å². The van der Waals surface area contributed by atoms with Crippen molar-refractivity contribution in [3.63, 3.8) is 0 Å². The fourth-order valence-electron chi connectivity index (χ4n) is 2.74. The van der Waals surface area contributed by atoms with Crippen LogP contribution in [0, 0.1) is 12.8 Å². The minimum atomic E-state index is 0.000697. The molecule has 21 heavy (non-hydrogen) atoms. The van der Waals surface area contributed by atoms with Crippen LogP contribution >= 0.6 is 0 Å². The van der Waals surface area contributed by atoms with Crippen LogP contribution in [-0.4, -0.2) is 16.8 Å². The Balaban J connectivity index is 1.85. The zero-order chi connectivity index (χ0) is 14.8. The summed E-state index contributed by atoms with van der Waals surface area (Å²) >= 11 is 0. The molecule has 1 atom stereocenters. The Kier molecular flexibility index (Phi) is 3.82. The summed E-state index contributed by atoms with van der Waals surface area (Å²) in [5.41, 5.74) is 2.06. The fraction of sp³-hybridized carbons (Fsp3) is 0.389. The number of amides is 1. The molecule has 1 heterocycles. The number of hydrogen-bond donors (Lipinski definition) is 0. The van der Waals surface area contributed by atoms with Crippen molar-refractivity contribution in [2.24, 2.45) is 5.92 Å². The third kappa shape index (κ3) is 3.02. The fourth-order valence-corrected chi connectivity index (χ4v) is 2.74. The van der Waals surface area contributed by atoms with Gasteiger partial charge in [-0.05, 0) is 44.2 Å². The lowest BCUT2D eigenvalue weighted by Gasteiger charge is -2.29. The average molecular weight is 283 g/mol. The summed E-state index contributed by atoms with van der Waals surface area (Å²) in [5, 5.41) is 0. The molecule has 1 unspecified atom stereocenters. The molecule has 0 N–H and O–H groups in total. The molecular weight excluding hydrogens is 262 g/mol. The summed E-state index contributed by atoms with van der Waals surface area (Å²) < 4.78 is 5.40. The SMILES string of the molecule is Cc1ccoc1C(=O)N(Cc1ccccc1)C(C)C1CC1. The highest BCUT2D eigenvalue weighted by Crippen LogP contribution is 2.36. The van der Waals surface area contributed by atoms with Gasteiger partial charge in [0.2, 0.25) is 0 Å². The number of carbonyl (C=O) groups is 1. The van der Waals surface area contributed by atoms with Crippen molar-refractivity contribution in [3.8, 4) is 0 Å². The molecule has 2 aromatic rings. The van der Waals surface area contributed by atoms with Gasteiger partial charge in [0, 0.05) is 18.2 Å². The third-order valence-electron chi connectivity index (χ3n) is 4.31. The molecule has 1 aromatic carbocycles. The molecule has 0 spiro atoms. The summed E-state index contributed by atoms with van der Waals surface area (Å²) in [4.78, 5) is 14.8. The van der Waals surface area contributed by atoms with E-state index in [4.69, 9.17) is 4.42 Å². The van der Waals surface area contributed by atoms with Gasteiger partial charge < -0.3 is 9.32 Å². The van der Waals surface area contributed by atoms with Crippen molar-refractivity contribution in [1.82, 2.24) is 4.90 Å². The minimum Gasteiger partial charge on any atom is -0.459 e. The van der Waals surface area contributed by atoms with E-state index in [-0.39, 0.29) is 11.9 Å². The van der Waals surface area contributed by atoms with Gasteiger partial charge in [-0.25, -0.2) is 0 Å². The molecule has 1 fully saturated rings. The van der Waals surface area contributed by atoms with Crippen molar-refractivity contribution in [2.75, 3.05) is 0 Å². The molecule has 0 saturated heterocycles. The average Bonchev–Trinajstić information content (AvgIpc) is 3.26. The highest BCUT2D eigenvalue weighted by atomic mass is 16.3. The van der Waals surface area contributed by atoms with E-state index in [1.54, 1.807) is 6.26 Å². The van der Waals surface area contributed by atoms with Crippen LogP contribution in [0.25, 0.3) is 0 Å². The number of hydrogen-bond acceptors (Lipinski definition) is 2. The van der Waals surface area contributed by atoms with Crippen molar-refractivity contribution in [2.45, 2.75) is 39.3 Å². The molecule has 3 heteroatoms. The smallest absolute Gasteiger partial charge is 0.290 e. The van der Waals surface area contributed by atoms with Crippen LogP contribution in [-0.2, 0) is 6.54 Å². The summed E-state index contributed by atoms with van der Waals surface area (Å²) in [6.45, 7) is 4.70. The Morgan fingerprint density at radius 2 is 2.00 bits per heavy atom. The lowest BCUT2D eigenvalue weighted by molar-refractivity contribution is 0.0620. The quantitative estimate of drug-likeness (QED) is 0.830. The lowest BCUT2D eigenvalue weighted by atomic mass is 10.1. The molecule has 0 radical (unpaired) electrons. The first-order chi connectivity index (χ1) is 10.2. The van der Waals surface area contributed by atoms with Crippen molar-refractivity contribution < 1.29 is 9.21 Å². The number of benzene rings is 1. The van der Waals surface area contributed by atoms with Crippen molar-refractivity contribution in [3.05, 3.63) is 59.5 Å². The Morgan fingerprint density at radius 3 is 2.57 bits per heavy atom. The molecule has 110 valence electrons. The molecule has 1 amide bonds. The number of carbonyl (C=O) groups excluding carboxylic acids is 1. The van der Waals surface area contributed by atoms with Gasteiger partial charge in [-0.15, -0.1) is 0 Å². The first-order valence-corrected chi connectivity index (χ1v) is 7.56. The molecule has 3 nitrogen and oxygen atoms in total. The van der Waals surface area contributed by atoms with Crippen LogP contribution in [0.2, 0.25) is 0 Å². The van der Waals surface area contributed by atoms with Gasteiger partial charge in [-0.3, -0.25) is 4.79 Å². The molecule has 0 bridgehead atoms. The van der Waals surface area contributed by atoms with Gasteiger partial charge in [0.25, 0.3) is 5.91 Å². The molecule has 1 saturated carbocycles. The van der Waals surface area contributed by atoms with Gasteiger partial charge in [0.15, 0.2) is 5.76 Å². The van der Waals surface area contributed by atoms with Crippen molar-refractivity contribution in [1.29, 1.82) is 0 Å². The van der Waals surface area contributed by atoms with Gasteiger partial charge in [0.1, 0.15) is 0 Å². The van der Waals surface area contributed by atoms with E-state index in [1.165, 1.54) is 12.8 Å². The third-order valence-corrected chi connectivity index (χ3v) is 4.31. The first kappa shape index (κ1) is 13.9. The zero-order valence-corrected chi connectivity index (χ0v) is 12.6. The Morgan fingerprint density at radius 1 is 1.29 bits per heavy atom. The van der Waals surface area contributed by atoms with Crippen LogP contribution in [0.1, 0.15) is 41.4 Å². The second-order valence-corrected chi connectivity index (χ2v) is 5.93. The second-order valence-electron chi connectivity index (χ2n) is 5.93. The van der Waals surface area contributed by atoms with E-state index in [2.05, 4.69) is 19.1 Å². The van der Waals surface area contributed by atoms with Gasteiger partial charge >= 0.3 is 0 Å². The first-order valence-electron chi connectivity index (χ1n) is 7.56. The van der Waals surface area contributed by atoms with Crippen LogP contribution in [0.15, 0.2) is 47.1 Å². The number of nitrogens with zero attached hydrogens (tertiary/aromatic N) is 1. The number of furan rings is 1. The standard InChI is InChI=1S/C18H21NO2/c1-13-10-11-21-17(13)18(20)19(14(2)16-8-9-16)12-15-6-4-3-5-7-15/h3-7,10-11,14,16H,8-9,12H2,1-2H3. The van der Waals surface area contributed by atoms with E-state index >= 15 is 0 Å². The Bertz CT molecular complexity index is 613.